The Balaban J connectivity index is 1.46. The minimum atomic E-state index is 0.466. The average Bonchev–Trinajstić information content (AvgIpc) is 2.73. The van der Waals surface area contributed by atoms with E-state index in [4.69, 9.17) is 16.3 Å². The SMILES string of the molecule is Clc1nc(C=Cc2ccc(OCc3ccccc3)cc2)nc2ccc(I)cc12. The summed E-state index contributed by atoms with van der Waals surface area (Å²) >= 11 is 8.57. The summed E-state index contributed by atoms with van der Waals surface area (Å²) in [7, 11) is 0. The van der Waals surface area contributed by atoms with Crippen LogP contribution < -0.4 is 4.74 Å². The van der Waals surface area contributed by atoms with E-state index < -0.39 is 0 Å². The molecule has 28 heavy (non-hydrogen) atoms. The molecule has 5 heteroatoms. The maximum absolute atomic E-state index is 6.32. The maximum atomic E-state index is 6.32. The lowest BCUT2D eigenvalue weighted by Crippen LogP contribution is -1.94. The highest BCUT2D eigenvalue weighted by Gasteiger charge is 2.05. The number of aromatic nitrogens is 2. The van der Waals surface area contributed by atoms with Crippen molar-refractivity contribution in [2.75, 3.05) is 0 Å². The largest absolute Gasteiger partial charge is 0.489 e. The Morgan fingerprint density at radius 1 is 0.893 bits per heavy atom. The van der Waals surface area contributed by atoms with Gasteiger partial charge >= 0.3 is 0 Å². The second-order valence-electron chi connectivity index (χ2n) is 6.21. The van der Waals surface area contributed by atoms with Gasteiger partial charge in [0.05, 0.1) is 5.52 Å². The molecular formula is C23H16ClIN2O. The van der Waals surface area contributed by atoms with Crippen LogP contribution in [0.25, 0.3) is 23.1 Å². The van der Waals surface area contributed by atoms with Gasteiger partial charge in [-0.3, -0.25) is 0 Å². The third kappa shape index (κ3) is 4.69. The molecule has 0 amide bonds. The molecule has 0 bridgehead atoms. The predicted molar refractivity (Wildman–Crippen MR) is 123 cm³/mol. The molecule has 0 atom stereocenters. The number of benzene rings is 3. The standard InChI is InChI=1S/C23H16ClIN2O/c24-23-20-14-18(25)9-12-21(20)26-22(27-23)13-8-16-6-10-19(11-7-16)28-15-17-4-2-1-3-5-17/h1-14H,15H2. The minimum absolute atomic E-state index is 0.466. The van der Waals surface area contributed by atoms with E-state index in [9.17, 15) is 0 Å². The highest BCUT2D eigenvalue weighted by molar-refractivity contribution is 14.1. The molecule has 4 rings (SSSR count). The molecular weight excluding hydrogens is 483 g/mol. The molecule has 0 fully saturated rings. The topological polar surface area (TPSA) is 35.0 Å². The number of hydrogen-bond donors (Lipinski definition) is 0. The Bertz CT molecular complexity index is 1130. The van der Waals surface area contributed by atoms with Crippen molar-refractivity contribution in [3.8, 4) is 5.75 Å². The number of ether oxygens (including phenoxy) is 1. The molecule has 3 aromatic carbocycles. The summed E-state index contributed by atoms with van der Waals surface area (Å²) in [4.78, 5) is 8.94. The molecule has 0 aliphatic carbocycles. The molecule has 1 aromatic heterocycles. The van der Waals surface area contributed by atoms with Gasteiger partial charge in [0.2, 0.25) is 0 Å². The van der Waals surface area contributed by atoms with Gasteiger partial charge in [-0.25, -0.2) is 9.97 Å². The third-order valence-corrected chi connectivity index (χ3v) is 5.14. The van der Waals surface area contributed by atoms with Crippen molar-refractivity contribution in [2.24, 2.45) is 0 Å². The van der Waals surface area contributed by atoms with E-state index in [-0.39, 0.29) is 0 Å². The van der Waals surface area contributed by atoms with Crippen molar-refractivity contribution >= 4 is 57.2 Å². The van der Waals surface area contributed by atoms with E-state index in [0.29, 0.717) is 17.6 Å². The second-order valence-corrected chi connectivity index (χ2v) is 7.81. The maximum Gasteiger partial charge on any atom is 0.154 e. The highest BCUT2D eigenvalue weighted by atomic mass is 127. The van der Waals surface area contributed by atoms with Crippen LogP contribution in [0.2, 0.25) is 5.15 Å². The summed E-state index contributed by atoms with van der Waals surface area (Å²) in [6.45, 7) is 0.554. The second kappa shape index (κ2) is 8.71. The van der Waals surface area contributed by atoms with E-state index in [1.807, 2.05) is 84.9 Å². The summed E-state index contributed by atoms with van der Waals surface area (Å²) in [6.07, 6.45) is 3.83. The van der Waals surface area contributed by atoms with Gasteiger partial charge in [-0.1, -0.05) is 60.1 Å². The normalized spacial score (nSPS) is 11.2. The van der Waals surface area contributed by atoms with Gasteiger partial charge in [-0.05, 0) is 70.1 Å². The monoisotopic (exact) mass is 498 g/mol. The van der Waals surface area contributed by atoms with Crippen LogP contribution in [0.1, 0.15) is 17.0 Å². The van der Waals surface area contributed by atoms with Crippen LogP contribution in [-0.2, 0) is 6.61 Å². The van der Waals surface area contributed by atoms with Gasteiger partial charge in [0, 0.05) is 8.96 Å². The predicted octanol–water partition coefficient (Wildman–Crippen LogP) is 6.64. The van der Waals surface area contributed by atoms with Crippen LogP contribution in [0.5, 0.6) is 5.75 Å². The van der Waals surface area contributed by atoms with Crippen molar-refractivity contribution in [1.29, 1.82) is 0 Å². The third-order valence-electron chi connectivity index (χ3n) is 4.18. The van der Waals surface area contributed by atoms with Crippen molar-refractivity contribution in [3.05, 3.63) is 98.5 Å². The van der Waals surface area contributed by atoms with Gasteiger partial charge in [0.25, 0.3) is 0 Å². The molecule has 0 spiro atoms. The molecule has 0 N–H and O–H groups in total. The molecule has 0 saturated carbocycles. The first-order valence-electron chi connectivity index (χ1n) is 8.75. The van der Waals surface area contributed by atoms with Crippen LogP contribution in [-0.4, -0.2) is 9.97 Å². The Morgan fingerprint density at radius 2 is 1.68 bits per heavy atom. The number of fused-ring (bicyclic) bond motifs is 1. The lowest BCUT2D eigenvalue weighted by Gasteiger charge is -2.06. The van der Waals surface area contributed by atoms with Crippen molar-refractivity contribution < 1.29 is 4.74 Å². The van der Waals surface area contributed by atoms with E-state index in [0.717, 1.165) is 31.3 Å². The summed E-state index contributed by atoms with van der Waals surface area (Å²) in [5, 5.41) is 1.33. The van der Waals surface area contributed by atoms with Crippen LogP contribution in [0, 0.1) is 3.57 Å². The zero-order valence-corrected chi connectivity index (χ0v) is 17.8. The molecule has 0 saturated heterocycles. The summed E-state index contributed by atoms with van der Waals surface area (Å²) < 4.78 is 6.92. The van der Waals surface area contributed by atoms with E-state index in [1.54, 1.807) is 0 Å². The van der Waals surface area contributed by atoms with Crippen LogP contribution in [0.15, 0.2) is 72.8 Å². The average molecular weight is 499 g/mol. The minimum Gasteiger partial charge on any atom is -0.489 e. The number of rotatable bonds is 5. The Labute approximate surface area is 182 Å². The number of hydrogen-bond acceptors (Lipinski definition) is 3. The zero-order chi connectivity index (χ0) is 19.3. The van der Waals surface area contributed by atoms with Gasteiger partial charge < -0.3 is 4.74 Å². The number of halogens is 2. The van der Waals surface area contributed by atoms with Crippen molar-refractivity contribution in [3.63, 3.8) is 0 Å². The van der Waals surface area contributed by atoms with E-state index in [2.05, 4.69) is 32.6 Å². The fourth-order valence-corrected chi connectivity index (χ4v) is 3.47. The fourth-order valence-electron chi connectivity index (χ4n) is 2.74. The molecule has 138 valence electrons. The molecule has 0 radical (unpaired) electrons. The molecule has 4 aromatic rings. The first kappa shape index (κ1) is 18.9. The Hall–Kier alpha value is -2.44. The summed E-state index contributed by atoms with van der Waals surface area (Å²) in [6, 6.07) is 24.0. The molecule has 0 unspecified atom stereocenters. The van der Waals surface area contributed by atoms with Crippen molar-refractivity contribution in [2.45, 2.75) is 6.61 Å². The smallest absolute Gasteiger partial charge is 0.154 e. The lowest BCUT2D eigenvalue weighted by molar-refractivity contribution is 0.306. The quantitative estimate of drug-likeness (QED) is 0.229. The molecule has 0 aliphatic heterocycles. The van der Waals surface area contributed by atoms with Crippen molar-refractivity contribution in [1.82, 2.24) is 9.97 Å². The number of nitrogens with zero attached hydrogens (tertiary/aromatic N) is 2. The first-order chi connectivity index (χ1) is 13.7. The molecule has 3 nitrogen and oxygen atoms in total. The van der Waals surface area contributed by atoms with Gasteiger partial charge in [-0.2, -0.15) is 0 Å². The van der Waals surface area contributed by atoms with E-state index >= 15 is 0 Å². The summed E-state index contributed by atoms with van der Waals surface area (Å²) in [5.74, 6) is 1.42. The molecule has 1 heterocycles. The van der Waals surface area contributed by atoms with E-state index in [1.165, 1.54) is 0 Å². The fraction of sp³-hybridized carbons (Fsp3) is 0.0435. The van der Waals surface area contributed by atoms with Crippen LogP contribution >= 0.6 is 34.2 Å². The zero-order valence-electron chi connectivity index (χ0n) is 14.8. The Morgan fingerprint density at radius 3 is 2.46 bits per heavy atom. The summed E-state index contributed by atoms with van der Waals surface area (Å²) in [5.41, 5.74) is 3.02. The lowest BCUT2D eigenvalue weighted by atomic mass is 10.2. The molecule has 0 aliphatic rings. The van der Waals surface area contributed by atoms with Gasteiger partial charge in [0.15, 0.2) is 5.82 Å². The van der Waals surface area contributed by atoms with Gasteiger partial charge in [-0.15, -0.1) is 0 Å². The Kier molecular flexibility index (Phi) is 5.88. The highest BCUT2D eigenvalue weighted by Crippen LogP contribution is 2.23. The van der Waals surface area contributed by atoms with Gasteiger partial charge in [0.1, 0.15) is 17.5 Å². The van der Waals surface area contributed by atoms with Crippen LogP contribution in [0.4, 0.5) is 0 Å². The van der Waals surface area contributed by atoms with Crippen LogP contribution in [0.3, 0.4) is 0 Å². The first-order valence-corrected chi connectivity index (χ1v) is 10.2.